The van der Waals surface area contributed by atoms with Gasteiger partial charge in [-0.05, 0) is 52.6 Å². The van der Waals surface area contributed by atoms with Crippen LogP contribution in [0.5, 0.6) is 0 Å². The zero-order valence-electron chi connectivity index (χ0n) is 11.8. The maximum absolute atomic E-state index is 5.87. The fourth-order valence-electron chi connectivity index (χ4n) is 2.24. The number of aliphatic imine (C=N–C) groups is 1. The van der Waals surface area contributed by atoms with Crippen molar-refractivity contribution in [3.8, 4) is 0 Å². The summed E-state index contributed by atoms with van der Waals surface area (Å²) in [7, 11) is 0. The Hall–Kier alpha value is -0.770. The van der Waals surface area contributed by atoms with Gasteiger partial charge < -0.3 is 16.0 Å². The van der Waals surface area contributed by atoms with Crippen LogP contribution in [0.15, 0.2) is 4.99 Å². The number of hydrogen-bond donors (Lipinski definition) is 2. The van der Waals surface area contributed by atoms with Crippen LogP contribution in [0, 0.1) is 5.92 Å². The molecule has 0 aromatic heterocycles. The van der Waals surface area contributed by atoms with E-state index >= 15 is 0 Å². The van der Waals surface area contributed by atoms with Crippen molar-refractivity contribution in [1.82, 2.24) is 10.2 Å². The quantitative estimate of drug-likeness (QED) is 0.579. The lowest BCUT2D eigenvalue weighted by Gasteiger charge is -2.31. The molecule has 1 aliphatic heterocycles. The van der Waals surface area contributed by atoms with Gasteiger partial charge in [0, 0.05) is 18.6 Å². The van der Waals surface area contributed by atoms with Gasteiger partial charge in [0.2, 0.25) is 0 Å². The number of guanidine groups is 1. The van der Waals surface area contributed by atoms with Crippen molar-refractivity contribution in [3.05, 3.63) is 0 Å². The maximum Gasteiger partial charge on any atom is 0.188 e. The molecule has 0 aromatic carbocycles. The van der Waals surface area contributed by atoms with E-state index in [0.29, 0.717) is 11.9 Å². The van der Waals surface area contributed by atoms with Gasteiger partial charge in [-0.2, -0.15) is 0 Å². The minimum Gasteiger partial charge on any atom is -0.370 e. The summed E-state index contributed by atoms with van der Waals surface area (Å²) in [6.45, 7) is 12.9. The third-order valence-electron chi connectivity index (χ3n) is 3.07. The first-order valence-corrected chi connectivity index (χ1v) is 6.71. The first kappa shape index (κ1) is 14.3. The summed E-state index contributed by atoms with van der Waals surface area (Å²) in [4.78, 5) is 6.96. The minimum absolute atomic E-state index is 0.00436. The highest BCUT2D eigenvalue weighted by Gasteiger charge is 2.18. The summed E-state index contributed by atoms with van der Waals surface area (Å²) in [6.07, 6.45) is 2.57. The molecule has 0 saturated carbocycles. The van der Waals surface area contributed by atoms with Crippen LogP contribution in [0.1, 0.15) is 40.5 Å². The summed E-state index contributed by atoms with van der Waals surface area (Å²) in [5, 5.41) is 3.20. The Morgan fingerprint density at radius 3 is 2.76 bits per heavy atom. The van der Waals surface area contributed by atoms with E-state index in [0.717, 1.165) is 13.1 Å². The molecule has 0 bridgehead atoms. The standard InChI is InChI=1S/C13H28N4/c1-5-17-8-6-7-11(10-17)9-15-12(14)16-13(2,3)4/h11H,5-10H2,1-4H3,(H3,14,15,16). The molecular formula is C13H28N4. The topological polar surface area (TPSA) is 53.6 Å². The third kappa shape index (κ3) is 5.91. The van der Waals surface area contributed by atoms with Crippen LogP contribution in [0.2, 0.25) is 0 Å². The van der Waals surface area contributed by atoms with Gasteiger partial charge in [0.1, 0.15) is 0 Å². The van der Waals surface area contributed by atoms with Crippen LogP contribution < -0.4 is 11.1 Å². The zero-order chi connectivity index (χ0) is 12.9. The molecule has 1 unspecified atom stereocenters. The SMILES string of the molecule is CCN1CCCC(CN=C(N)NC(C)(C)C)C1. The van der Waals surface area contributed by atoms with Gasteiger partial charge in [0.25, 0.3) is 0 Å². The molecule has 1 rings (SSSR count). The zero-order valence-corrected chi connectivity index (χ0v) is 11.8. The van der Waals surface area contributed by atoms with E-state index < -0.39 is 0 Å². The first-order valence-electron chi connectivity index (χ1n) is 6.71. The molecule has 4 nitrogen and oxygen atoms in total. The average Bonchev–Trinajstić information content (AvgIpc) is 2.24. The lowest BCUT2D eigenvalue weighted by atomic mass is 9.98. The van der Waals surface area contributed by atoms with E-state index in [1.165, 1.54) is 25.9 Å². The van der Waals surface area contributed by atoms with E-state index in [2.05, 4.69) is 42.9 Å². The Labute approximate surface area is 106 Å². The first-order chi connectivity index (χ1) is 7.90. The highest BCUT2D eigenvalue weighted by molar-refractivity contribution is 5.78. The number of nitrogens with two attached hydrogens (primary N) is 1. The lowest BCUT2D eigenvalue weighted by molar-refractivity contribution is 0.186. The minimum atomic E-state index is -0.00436. The van der Waals surface area contributed by atoms with Crippen molar-refractivity contribution in [1.29, 1.82) is 0 Å². The molecule has 0 aromatic rings. The van der Waals surface area contributed by atoms with Crippen molar-refractivity contribution in [2.45, 2.75) is 46.1 Å². The summed E-state index contributed by atoms with van der Waals surface area (Å²) in [5.41, 5.74) is 5.87. The van der Waals surface area contributed by atoms with Crippen molar-refractivity contribution in [3.63, 3.8) is 0 Å². The number of likely N-dealkylation sites (tertiary alicyclic amines) is 1. The molecule has 1 saturated heterocycles. The highest BCUT2D eigenvalue weighted by atomic mass is 15.1. The second-order valence-electron chi connectivity index (χ2n) is 6.00. The average molecular weight is 240 g/mol. The van der Waals surface area contributed by atoms with Crippen molar-refractivity contribution < 1.29 is 0 Å². The Balaban J connectivity index is 2.36. The second-order valence-corrected chi connectivity index (χ2v) is 6.00. The van der Waals surface area contributed by atoms with E-state index in [9.17, 15) is 0 Å². The summed E-state index contributed by atoms with van der Waals surface area (Å²) < 4.78 is 0. The van der Waals surface area contributed by atoms with Gasteiger partial charge in [0.05, 0.1) is 0 Å². The largest absolute Gasteiger partial charge is 0.370 e. The summed E-state index contributed by atoms with van der Waals surface area (Å²) in [6, 6.07) is 0. The molecule has 1 heterocycles. The van der Waals surface area contributed by atoms with Crippen LogP contribution in [-0.4, -0.2) is 42.6 Å². The molecule has 100 valence electrons. The van der Waals surface area contributed by atoms with Gasteiger partial charge in [0.15, 0.2) is 5.96 Å². The van der Waals surface area contributed by atoms with Gasteiger partial charge in [-0.3, -0.25) is 4.99 Å². The number of rotatable bonds is 3. The van der Waals surface area contributed by atoms with Crippen LogP contribution in [0.3, 0.4) is 0 Å². The van der Waals surface area contributed by atoms with E-state index in [1.807, 2.05) is 0 Å². The van der Waals surface area contributed by atoms with Crippen LogP contribution in [0.4, 0.5) is 0 Å². The van der Waals surface area contributed by atoms with E-state index in [4.69, 9.17) is 5.73 Å². The molecule has 1 atom stereocenters. The Morgan fingerprint density at radius 2 is 2.18 bits per heavy atom. The normalized spacial score (nSPS) is 23.8. The fraction of sp³-hybridized carbons (Fsp3) is 0.923. The highest BCUT2D eigenvalue weighted by Crippen LogP contribution is 2.16. The number of hydrogen-bond acceptors (Lipinski definition) is 2. The van der Waals surface area contributed by atoms with Crippen molar-refractivity contribution in [2.75, 3.05) is 26.2 Å². The van der Waals surface area contributed by atoms with E-state index in [-0.39, 0.29) is 5.54 Å². The van der Waals surface area contributed by atoms with Crippen LogP contribution >= 0.6 is 0 Å². The molecular weight excluding hydrogens is 212 g/mol. The van der Waals surface area contributed by atoms with Crippen LogP contribution in [-0.2, 0) is 0 Å². The molecule has 0 radical (unpaired) electrons. The third-order valence-corrected chi connectivity index (χ3v) is 3.07. The van der Waals surface area contributed by atoms with Crippen LogP contribution in [0.25, 0.3) is 0 Å². The molecule has 0 amide bonds. The van der Waals surface area contributed by atoms with Crippen molar-refractivity contribution >= 4 is 5.96 Å². The molecule has 1 fully saturated rings. The Bertz CT molecular complexity index is 255. The fourth-order valence-corrected chi connectivity index (χ4v) is 2.24. The smallest absolute Gasteiger partial charge is 0.188 e. The van der Waals surface area contributed by atoms with Gasteiger partial charge >= 0.3 is 0 Å². The Kier molecular flexibility index (Phi) is 5.25. The molecule has 1 aliphatic rings. The predicted molar refractivity (Wildman–Crippen MR) is 74.2 cm³/mol. The molecule has 0 aliphatic carbocycles. The molecule has 4 heteroatoms. The van der Waals surface area contributed by atoms with Gasteiger partial charge in [-0.25, -0.2) is 0 Å². The molecule has 3 N–H and O–H groups in total. The summed E-state index contributed by atoms with van der Waals surface area (Å²) >= 11 is 0. The van der Waals surface area contributed by atoms with E-state index in [1.54, 1.807) is 0 Å². The maximum atomic E-state index is 5.87. The molecule has 17 heavy (non-hydrogen) atoms. The number of nitrogens with zero attached hydrogens (tertiary/aromatic N) is 2. The van der Waals surface area contributed by atoms with Gasteiger partial charge in [-0.1, -0.05) is 6.92 Å². The lowest BCUT2D eigenvalue weighted by Crippen LogP contribution is -2.45. The monoisotopic (exact) mass is 240 g/mol. The second kappa shape index (κ2) is 6.24. The predicted octanol–water partition coefficient (Wildman–Crippen LogP) is 1.42. The summed E-state index contributed by atoms with van der Waals surface area (Å²) in [5.74, 6) is 1.25. The number of piperidine rings is 1. The van der Waals surface area contributed by atoms with Crippen molar-refractivity contribution in [2.24, 2.45) is 16.6 Å². The molecule has 0 spiro atoms. The Morgan fingerprint density at radius 1 is 1.47 bits per heavy atom. The number of nitrogens with one attached hydrogen (secondary N) is 1. The van der Waals surface area contributed by atoms with Gasteiger partial charge in [-0.15, -0.1) is 0 Å².